The Labute approximate surface area is 81.0 Å². The topological polar surface area (TPSA) is 40.5 Å². The summed E-state index contributed by atoms with van der Waals surface area (Å²) in [5.41, 5.74) is -1.11. The summed E-state index contributed by atoms with van der Waals surface area (Å²) in [6.45, 7) is 9.19. The Morgan fingerprint density at radius 2 is 1.62 bits per heavy atom. The molecule has 1 atom stereocenters. The second-order valence-corrected chi connectivity index (χ2v) is 4.93. The van der Waals surface area contributed by atoms with Crippen molar-refractivity contribution < 1.29 is 10.2 Å². The fraction of sp³-hybridized carbons (Fsp3) is 0.818. The fourth-order valence-corrected chi connectivity index (χ4v) is 0.663. The van der Waals surface area contributed by atoms with Crippen molar-refractivity contribution in [2.75, 3.05) is 0 Å². The number of aliphatic hydroxyl groups is 2. The summed E-state index contributed by atoms with van der Waals surface area (Å²) in [6, 6.07) is 0. The molecule has 0 heterocycles. The molecule has 2 N–H and O–H groups in total. The number of hydrogen-bond donors (Lipinski definition) is 2. The predicted octanol–water partition coefficient (Wildman–Crippen LogP) is 1.56. The average molecular weight is 184 g/mol. The Hall–Kier alpha value is -0.520. The van der Waals surface area contributed by atoms with E-state index in [-0.39, 0.29) is 5.41 Å². The van der Waals surface area contributed by atoms with E-state index in [1.54, 1.807) is 13.8 Å². The lowest BCUT2D eigenvalue weighted by molar-refractivity contribution is -0.0446. The third-order valence-corrected chi connectivity index (χ3v) is 1.57. The minimum absolute atomic E-state index is 0.0423. The molecule has 0 aliphatic heterocycles. The van der Waals surface area contributed by atoms with Gasteiger partial charge in [0.2, 0.25) is 0 Å². The van der Waals surface area contributed by atoms with E-state index in [1.807, 2.05) is 20.8 Å². The van der Waals surface area contributed by atoms with Gasteiger partial charge < -0.3 is 10.2 Å². The van der Waals surface area contributed by atoms with Crippen LogP contribution in [0.5, 0.6) is 0 Å². The molecule has 0 aromatic carbocycles. The van der Waals surface area contributed by atoms with Gasteiger partial charge in [0.1, 0.15) is 0 Å². The maximum absolute atomic E-state index is 9.43. The number of hydrogen-bond acceptors (Lipinski definition) is 2. The van der Waals surface area contributed by atoms with E-state index in [4.69, 9.17) is 0 Å². The van der Waals surface area contributed by atoms with Crippen LogP contribution in [-0.4, -0.2) is 21.9 Å². The van der Waals surface area contributed by atoms with Gasteiger partial charge in [-0.15, -0.1) is 0 Å². The summed E-state index contributed by atoms with van der Waals surface area (Å²) < 4.78 is 0. The van der Waals surface area contributed by atoms with Crippen LogP contribution < -0.4 is 0 Å². The van der Waals surface area contributed by atoms with Crippen molar-refractivity contribution in [1.82, 2.24) is 0 Å². The van der Waals surface area contributed by atoms with Gasteiger partial charge in [0.15, 0.2) is 0 Å². The van der Waals surface area contributed by atoms with Gasteiger partial charge in [0.05, 0.1) is 11.7 Å². The van der Waals surface area contributed by atoms with Crippen molar-refractivity contribution in [3.05, 3.63) is 0 Å². The Balaban J connectivity index is 4.09. The molecule has 0 bridgehead atoms. The highest BCUT2D eigenvalue weighted by molar-refractivity contribution is 5.08. The second kappa shape index (κ2) is 4.13. The number of rotatable bonds is 2. The standard InChI is InChI=1S/C11H20O2/c1-10(2,3)8-6-7-9(12)11(4,5)13/h9,12-13H,7H2,1-5H3. The van der Waals surface area contributed by atoms with Crippen molar-refractivity contribution in [1.29, 1.82) is 0 Å². The lowest BCUT2D eigenvalue weighted by Gasteiger charge is -2.22. The molecular formula is C11H20O2. The summed E-state index contributed by atoms with van der Waals surface area (Å²) in [7, 11) is 0. The van der Waals surface area contributed by atoms with E-state index in [0.29, 0.717) is 6.42 Å². The normalized spacial score (nSPS) is 14.7. The molecule has 0 aromatic heterocycles. The first kappa shape index (κ1) is 12.5. The van der Waals surface area contributed by atoms with Crippen LogP contribution in [0.25, 0.3) is 0 Å². The number of aliphatic hydroxyl groups excluding tert-OH is 1. The zero-order valence-electron chi connectivity index (χ0n) is 9.18. The molecule has 0 radical (unpaired) electrons. The van der Waals surface area contributed by atoms with E-state index in [0.717, 1.165) is 0 Å². The van der Waals surface area contributed by atoms with Gasteiger partial charge in [-0.1, -0.05) is 11.8 Å². The maximum atomic E-state index is 9.43. The molecule has 0 aliphatic rings. The molecule has 0 rings (SSSR count). The van der Waals surface area contributed by atoms with Crippen LogP contribution in [0.3, 0.4) is 0 Å². The van der Waals surface area contributed by atoms with E-state index < -0.39 is 11.7 Å². The Morgan fingerprint density at radius 1 is 1.15 bits per heavy atom. The molecular weight excluding hydrogens is 164 g/mol. The second-order valence-electron chi connectivity index (χ2n) is 4.93. The Morgan fingerprint density at radius 3 is 1.92 bits per heavy atom. The van der Waals surface area contributed by atoms with Gasteiger partial charge in [-0.25, -0.2) is 0 Å². The minimum Gasteiger partial charge on any atom is -0.389 e. The SMILES string of the molecule is CC(C)(C)C#CCC(O)C(C)(C)O. The first-order valence-electron chi connectivity index (χ1n) is 4.53. The van der Waals surface area contributed by atoms with Gasteiger partial charge in [-0.05, 0) is 34.6 Å². The molecule has 0 saturated carbocycles. The lowest BCUT2D eigenvalue weighted by Crippen LogP contribution is -2.35. The largest absolute Gasteiger partial charge is 0.389 e. The van der Waals surface area contributed by atoms with E-state index in [1.165, 1.54) is 0 Å². The lowest BCUT2D eigenvalue weighted by atomic mass is 9.95. The van der Waals surface area contributed by atoms with Crippen molar-refractivity contribution >= 4 is 0 Å². The van der Waals surface area contributed by atoms with Crippen molar-refractivity contribution in [3.63, 3.8) is 0 Å². The first-order chi connectivity index (χ1) is 5.63. The molecule has 0 saturated heterocycles. The van der Waals surface area contributed by atoms with Gasteiger partial charge in [0, 0.05) is 11.8 Å². The fourth-order valence-electron chi connectivity index (χ4n) is 0.663. The van der Waals surface area contributed by atoms with Gasteiger partial charge in [-0.3, -0.25) is 0 Å². The zero-order chi connectivity index (χ0) is 10.7. The van der Waals surface area contributed by atoms with E-state index >= 15 is 0 Å². The molecule has 13 heavy (non-hydrogen) atoms. The smallest absolute Gasteiger partial charge is 0.0930 e. The quantitative estimate of drug-likeness (QED) is 0.639. The molecule has 2 heteroatoms. The summed E-state index contributed by atoms with van der Waals surface area (Å²) in [5.74, 6) is 5.88. The van der Waals surface area contributed by atoms with Crippen LogP contribution in [0.4, 0.5) is 0 Å². The third-order valence-electron chi connectivity index (χ3n) is 1.57. The summed E-state index contributed by atoms with van der Waals surface area (Å²) in [6.07, 6.45) is -0.455. The molecule has 1 unspecified atom stereocenters. The summed E-state index contributed by atoms with van der Waals surface area (Å²) in [4.78, 5) is 0. The van der Waals surface area contributed by atoms with Crippen LogP contribution in [0.2, 0.25) is 0 Å². The highest BCUT2D eigenvalue weighted by Gasteiger charge is 2.23. The zero-order valence-corrected chi connectivity index (χ0v) is 9.18. The Bertz CT molecular complexity index is 207. The van der Waals surface area contributed by atoms with Crippen LogP contribution in [0.1, 0.15) is 41.0 Å². The maximum Gasteiger partial charge on any atom is 0.0930 e. The van der Waals surface area contributed by atoms with Crippen molar-refractivity contribution in [2.24, 2.45) is 5.41 Å². The molecule has 0 fully saturated rings. The third kappa shape index (κ3) is 6.62. The van der Waals surface area contributed by atoms with Gasteiger partial charge >= 0.3 is 0 Å². The molecule has 0 spiro atoms. The monoisotopic (exact) mass is 184 g/mol. The highest BCUT2D eigenvalue weighted by Crippen LogP contribution is 2.13. The summed E-state index contributed by atoms with van der Waals surface area (Å²) in [5, 5.41) is 18.8. The average Bonchev–Trinajstić information content (AvgIpc) is 1.82. The molecule has 0 aliphatic carbocycles. The Kier molecular flexibility index (Phi) is 3.96. The first-order valence-corrected chi connectivity index (χ1v) is 4.53. The van der Waals surface area contributed by atoms with Crippen LogP contribution in [0, 0.1) is 17.3 Å². The van der Waals surface area contributed by atoms with Crippen molar-refractivity contribution in [3.8, 4) is 11.8 Å². The van der Waals surface area contributed by atoms with Gasteiger partial charge in [-0.2, -0.15) is 0 Å². The van der Waals surface area contributed by atoms with Crippen LogP contribution >= 0.6 is 0 Å². The van der Waals surface area contributed by atoms with Gasteiger partial charge in [0.25, 0.3) is 0 Å². The van der Waals surface area contributed by atoms with E-state index in [9.17, 15) is 10.2 Å². The van der Waals surface area contributed by atoms with Crippen LogP contribution in [-0.2, 0) is 0 Å². The highest BCUT2D eigenvalue weighted by atomic mass is 16.3. The van der Waals surface area contributed by atoms with E-state index in [2.05, 4.69) is 11.8 Å². The summed E-state index contributed by atoms with van der Waals surface area (Å²) >= 11 is 0. The van der Waals surface area contributed by atoms with Crippen molar-refractivity contribution in [2.45, 2.75) is 52.7 Å². The molecule has 0 amide bonds. The predicted molar refractivity (Wildman–Crippen MR) is 54.2 cm³/mol. The minimum atomic E-state index is -1.06. The molecule has 0 aromatic rings. The molecule has 76 valence electrons. The molecule has 2 nitrogen and oxygen atoms in total. The van der Waals surface area contributed by atoms with Crippen LogP contribution in [0.15, 0.2) is 0 Å².